The van der Waals surface area contributed by atoms with Gasteiger partial charge in [0.15, 0.2) is 5.69 Å². The third-order valence-electron chi connectivity index (χ3n) is 6.10. The van der Waals surface area contributed by atoms with Gasteiger partial charge in [-0.05, 0) is 42.3 Å². The number of hydrogen-bond donors (Lipinski definition) is 0. The van der Waals surface area contributed by atoms with E-state index in [1.54, 1.807) is 15.4 Å². The van der Waals surface area contributed by atoms with Crippen LogP contribution in [0.25, 0.3) is 16.6 Å². The summed E-state index contributed by atoms with van der Waals surface area (Å²) in [6.07, 6.45) is 6.97. The van der Waals surface area contributed by atoms with Gasteiger partial charge in [0.2, 0.25) is 5.91 Å². The minimum atomic E-state index is -0.0211. The fraction of sp³-hybridized carbons (Fsp3) is 0.185. The standard InChI is InChI=1S/C27H23N7O/c1-3-27(35)33-14-12-32(13-15-33)23-8-4-20(5-9-23)6-10-25-24(16-28)26-11-7-21(19-34(26)30-25)22-17-29-31(2)18-22/h3-5,7-9,11,17-19H,1,12-15H2,2H3. The minimum absolute atomic E-state index is 0.0211. The van der Waals surface area contributed by atoms with E-state index >= 15 is 0 Å². The summed E-state index contributed by atoms with van der Waals surface area (Å²) in [4.78, 5) is 15.8. The normalized spacial score (nSPS) is 13.3. The van der Waals surface area contributed by atoms with Crippen LogP contribution in [0.5, 0.6) is 0 Å². The second-order valence-electron chi connectivity index (χ2n) is 8.30. The summed E-state index contributed by atoms with van der Waals surface area (Å²) in [7, 11) is 1.87. The summed E-state index contributed by atoms with van der Waals surface area (Å²) in [5.74, 6) is 6.18. The largest absolute Gasteiger partial charge is 0.368 e. The van der Waals surface area contributed by atoms with Gasteiger partial charge < -0.3 is 9.80 Å². The molecule has 0 unspecified atom stereocenters. The van der Waals surface area contributed by atoms with Crippen LogP contribution in [0.2, 0.25) is 0 Å². The van der Waals surface area contributed by atoms with E-state index in [1.807, 2.05) is 60.7 Å². The lowest BCUT2D eigenvalue weighted by Crippen LogP contribution is -2.48. The first kappa shape index (κ1) is 22.0. The molecule has 1 aromatic carbocycles. The van der Waals surface area contributed by atoms with E-state index < -0.39 is 0 Å². The third kappa shape index (κ3) is 4.38. The number of carbonyl (C=O) groups excluding carboxylic acids is 1. The van der Waals surface area contributed by atoms with E-state index in [4.69, 9.17) is 0 Å². The molecule has 4 aromatic rings. The molecule has 3 aromatic heterocycles. The van der Waals surface area contributed by atoms with Crippen LogP contribution in [-0.4, -0.2) is 56.4 Å². The zero-order valence-corrected chi connectivity index (χ0v) is 19.3. The number of rotatable bonds is 3. The zero-order valence-electron chi connectivity index (χ0n) is 19.3. The summed E-state index contributed by atoms with van der Waals surface area (Å²) in [6.45, 7) is 6.47. The predicted octanol–water partition coefficient (Wildman–Crippen LogP) is 2.84. The van der Waals surface area contributed by atoms with Gasteiger partial charge >= 0.3 is 0 Å². The van der Waals surface area contributed by atoms with Crippen molar-refractivity contribution in [2.45, 2.75) is 0 Å². The van der Waals surface area contributed by atoms with Crippen molar-refractivity contribution >= 4 is 17.1 Å². The maximum absolute atomic E-state index is 11.8. The number of nitrogens with zero attached hydrogens (tertiary/aromatic N) is 7. The van der Waals surface area contributed by atoms with Crippen molar-refractivity contribution < 1.29 is 4.79 Å². The summed E-state index contributed by atoms with van der Waals surface area (Å²) in [6, 6.07) is 14.1. The van der Waals surface area contributed by atoms with E-state index in [0.29, 0.717) is 29.9 Å². The molecular weight excluding hydrogens is 438 g/mol. The van der Waals surface area contributed by atoms with E-state index in [2.05, 4.69) is 39.6 Å². The van der Waals surface area contributed by atoms with Gasteiger partial charge in [0.1, 0.15) is 11.6 Å². The van der Waals surface area contributed by atoms with Gasteiger partial charge in [0, 0.05) is 68.0 Å². The van der Waals surface area contributed by atoms with E-state index in [1.165, 1.54) is 6.08 Å². The van der Waals surface area contributed by atoms with Crippen LogP contribution in [-0.2, 0) is 11.8 Å². The van der Waals surface area contributed by atoms with Gasteiger partial charge in [-0.2, -0.15) is 15.5 Å². The van der Waals surface area contributed by atoms with Crippen LogP contribution < -0.4 is 4.90 Å². The highest BCUT2D eigenvalue weighted by molar-refractivity contribution is 5.87. The molecule has 1 aliphatic heterocycles. The fourth-order valence-corrected chi connectivity index (χ4v) is 4.19. The Kier molecular flexibility index (Phi) is 5.78. The van der Waals surface area contributed by atoms with Crippen molar-refractivity contribution in [3.8, 4) is 29.0 Å². The second kappa shape index (κ2) is 9.20. The molecule has 5 rings (SSSR count). The lowest BCUT2D eigenvalue weighted by atomic mass is 10.1. The first-order valence-corrected chi connectivity index (χ1v) is 11.3. The van der Waals surface area contributed by atoms with Crippen molar-refractivity contribution in [3.05, 3.63) is 84.5 Å². The lowest BCUT2D eigenvalue weighted by Gasteiger charge is -2.35. The van der Waals surface area contributed by atoms with Crippen molar-refractivity contribution in [2.24, 2.45) is 7.05 Å². The van der Waals surface area contributed by atoms with Crippen molar-refractivity contribution in [1.29, 1.82) is 5.26 Å². The number of pyridine rings is 1. The monoisotopic (exact) mass is 461 g/mol. The molecule has 0 bridgehead atoms. The average molecular weight is 462 g/mol. The zero-order chi connectivity index (χ0) is 24.4. The fourth-order valence-electron chi connectivity index (χ4n) is 4.19. The number of amides is 1. The molecule has 1 amide bonds. The molecule has 0 radical (unpaired) electrons. The maximum Gasteiger partial charge on any atom is 0.246 e. The molecule has 1 aliphatic rings. The molecule has 4 heterocycles. The summed E-state index contributed by atoms with van der Waals surface area (Å²) in [5.41, 5.74) is 5.49. The van der Waals surface area contributed by atoms with Gasteiger partial charge in [0.05, 0.1) is 11.7 Å². The van der Waals surface area contributed by atoms with Gasteiger partial charge in [-0.1, -0.05) is 18.6 Å². The number of hydrogen-bond acceptors (Lipinski definition) is 5. The molecule has 8 heteroatoms. The maximum atomic E-state index is 11.8. The lowest BCUT2D eigenvalue weighted by molar-refractivity contribution is -0.126. The smallest absolute Gasteiger partial charge is 0.246 e. The molecule has 8 nitrogen and oxygen atoms in total. The Morgan fingerprint density at radius 3 is 2.46 bits per heavy atom. The molecule has 0 spiro atoms. The first-order valence-electron chi connectivity index (χ1n) is 11.3. The number of nitriles is 1. The molecular formula is C27H23N7O. The average Bonchev–Trinajstić information content (AvgIpc) is 3.49. The van der Waals surface area contributed by atoms with E-state index in [0.717, 1.165) is 35.5 Å². The Hall–Kier alpha value is -4.82. The van der Waals surface area contributed by atoms with Gasteiger partial charge in [-0.3, -0.25) is 9.48 Å². The molecule has 172 valence electrons. The summed E-state index contributed by atoms with van der Waals surface area (Å²) >= 11 is 0. The highest BCUT2D eigenvalue weighted by Crippen LogP contribution is 2.22. The number of carbonyl (C=O) groups is 1. The van der Waals surface area contributed by atoms with Gasteiger partial charge in [-0.25, -0.2) is 4.52 Å². The van der Waals surface area contributed by atoms with Crippen LogP contribution >= 0.6 is 0 Å². The molecule has 0 atom stereocenters. The molecule has 0 N–H and O–H groups in total. The Morgan fingerprint density at radius 2 is 1.80 bits per heavy atom. The van der Waals surface area contributed by atoms with Crippen LogP contribution in [0.3, 0.4) is 0 Å². The van der Waals surface area contributed by atoms with Crippen molar-refractivity contribution in [2.75, 3.05) is 31.1 Å². The Labute approximate surface area is 203 Å². The highest BCUT2D eigenvalue weighted by Gasteiger charge is 2.19. The Balaban J connectivity index is 1.34. The van der Waals surface area contributed by atoms with E-state index in [-0.39, 0.29) is 5.91 Å². The van der Waals surface area contributed by atoms with Crippen molar-refractivity contribution in [3.63, 3.8) is 0 Å². The number of aryl methyl sites for hydroxylation is 1. The number of piperazine rings is 1. The molecule has 1 saturated heterocycles. The molecule has 35 heavy (non-hydrogen) atoms. The molecule has 0 saturated carbocycles. The second-order valence-corrected chi connectivity index (χ2v) is 8.30. The quantitative estimate of drug-likeness (QED) is 0.346. The summed E-state index contributed by atoms with van der Waals surface area (Å²) < 4.78 is 3.44. The summed E-state index contributed by atoms with van der Waals surface area (Å²) in [5, 5.41) is 18.5. The molecule has 0 aliphatic carbocycles. The van der Waals surface area contributed by atoms with Crippen LogP contribution in [0.1, 0.15) is 16.8 Å². The van der Waals surface area contributed by atoms with Crippen LogP contribution in [0.4, 0.5) is 5.69 Å². The van der Waals surface area contributed by atoms with Gasteiger partial charge in [-0.15, -0.1) is 0 Å². The number of fused-ring (bicyclic) bond motifs is 1. The molecule has 1 fully saturated rings. The van der Waals surface area contributed by atoms with E-state index in [9.17, 15) is 10.1 Å². The topological polar surface area (TPSA) is 82.5 Å². The Morgan fingerprint density at radius 1 is 1.03 bits per heavy atom. The van der Waals surface area contributed by atoms with Crippen LogP contribution in [0, 0.1) is 23.2 Å². The number of aromatic nitrogens is 4. The highest BCUT2D eigenvalue weighted by atomic mass is 16.2. The SMILES string of the molecule is C=CC(=O)N1CCN(c2ccc(C#Cc3nn4cc(-c5cnn(C)c5)ccc4c3C#N)cc2)CC1. The minimum Gasteiger partial charge on any atom is -0.368 e. The third-order valence-corrected chi connectivity index (χ3v) is 6.10. The van der Waals surface area contributed by atoms with Crippen LogP contribution in [0.15, 0.2) is 67.6 Å². The Bertz CT molecular complexity index is 1520. The number of benzene rings is 1. The van der Waals surface area contributed by atoms with Crippen molar-refractivity contribution in [1.82, 2.24) is 24.3 Å². The predicted molar refractivity (Wildman–Crippen MR) is 134 cm³/mol. The first-order chi connectivity index (χ1) is 17.1. The number of anilines is 1. The van der Waals surface area contributed by atoms with Gasteiger partial charge in [0.25, 0.3) is 0 Å².